The minimum absolute atomic E-state index is 0. The van der Waals surface area contributed by atoms with Crippen LogP contribution in [0.15, 0.2) is 77.7 Å². The Kier molecular flexibility index (Phi) is 5.86. The van der Waals surface area contributed by atoms with Crippen molar-refractivity contribution in [1.29, 1.82) is 0 Å². The molecule has 5 rings (SSSR count). The van der Waals surface area contributed by atoms with E-state index in [0.717, 1.165) is 34.3 Å². The minimum Gasteiger partial charge on any atom is -1.00 e. The molecule has 154 valence electrons. The Morgan fingerprint density at radius 2 is 1.73 bits per heavy atom. The van der Waals surface area contributed by atoms with Gasteiger partial charge in [-0.3, -0.25) is 0 Å². The SMILES string of the molecule is COc1ccc(N2C3=[N+](CC2(O)c2ccc(Cl)cc2)c2ccccc2SC3)cc1.[Br-]. The maximum Gasteiger partial charge on any atom is 0.275 e. The first kappa shape index (κ1) is 21.2. The Bertz CT molecular complexity index is 1100. The summed E-state index contributed by atoms with van der Waals surface area (Å²) in [6.07, 6.45) is 0. The molecule has 2 aliphatic heterocycles. The number of halogens is 2. The Hall–Kier alpha value is -1.99. The predicted octanol–water partition coefficient (Wildman–Crippen LogP) is 1.87. The molecule has 0 radical (unpaired) electrons. The highest BCUT2D eigenvalue weighted by molar-refractivity contribution is 8.00. The molecule has 2 heterocycles. The van der Waals surface area contributed by atoms with E-state index in [2.05, 4.69) is 22.8 Å². The summed E-state index contributed by atoms with van der Waals surface area (Å²) in [6.45, 7) is 0.438. The Morgan fingerprint density at radius 3 is 2.43 bits per heavy atom. The van der Waals surface area contributed by atoms with E-state index < -0.39 is 5.72 Å². The van der Waals surface area contributed by atoms with Crippen LogP contribution in [-0.2, 0) is 5.72 Å². The summed E-state index contributed by atoms with van der Waals surface area (Å²) in [5.41, 5.74) is 1.64. The van der Waals surface area contributed by atoms with Crippen molar-refractivity contribution in [1.82, 2.24) is 0 Å². The van der Waals surface area contributed by atoms with Crippen molar-refractivity contribution in [3.05, 3.63) is 83.4 Å². The number of amidine groups is 1. The molecule has 0 saturated heterocycles. The number of aliphatic hydroxyl groups is 1. The van der Waals surface area contributed by atoms with Gasteiger partial charge in [-0.05, 0) is 48.5 Å². The van der Waals surface area contributed by atoms with E-state index in [1.165, 1.54) is 4.90 Å². The van der Waals surface area contributed by atoms with E-state index in [0.29, 0.717) is 11.6 Å². The second-order valence-corrected chi connectivity index (χ2v) is 8.57. The fourth-order valence-corrected chi connectivity index (χ4v) is 5.26. The van der Waals surface area contributed by atoms with Crippen molar-refractivity contribution in [2.24, 2.45) is 0 Å². The minimum atomic E-state index is -1.22. The molecule has 2 aliphatic rings. The van der Waals surface area contributed by atoms with Gasteiger partial charge in [-0.2, -0.15) is 4.90 Å². The molecular formula is C23H20BrClN2O2S. The summed E-state index contributed by atoms with van der Waals surface area (Å²) in [4.78, 5) is 3.27. The first-order valence-corrected chi connectivity index (χ1v) is 10.7. The fraction of sp³-hybridized carbons (Fsp3) is 0.174. The van der Waals surface area contributed by atoms with Crippen LogP contribution in [0.25, 0.3) is 0 Å². The number of benzene rings is 3. The number of hydrogen-bond acceptors (Lipinski definition) is 4. The lowest BCUT2D eigenvalue weighted by molar-refractivity contribution is -0.453. The van der Waals surface area contributed by atoms with Crippen LogP contribution in [0.2, 0.25) is 5.02 Å². The summed E-state index contributed by atoms with van der Waals surface area (Å²) in [5.74, 6) is 2.63. The normalized spacial score (nSPS) is 19.8. The zero-order valence-electron chi connectivity index (χ0n) is 16.3. The highest BCUT2D eigenvalue weighted by Gasteiger charge is 2.55. The standard InChI is InChI=1S/C23H20ClN2O2S.BrH/c1-28-19-12-10-18(11-13-19)26-22-14-29-21-5-3-2-4-20(21)25(22)15-23(26,27)16-6-8-17(24)9-7-16;/h2-13,27H,14-15H2,1H3;1H/q+1;/p-1. The largest absolute Gasteiger partial charge is 1.00 e. The number of methoxy groups -OCH3 is 1. The lowest BCUT2D eigenvalue weighted by Crippen LogP contribution is -3.00. The summed E-state index contributed by atoms with van der Waals surface area (Å²) in [7, 11) is 1.65. The van der Waals surface area contributed by atoms with Crippen molar-refractivity contribution in [2.45, 2.75) is 10.6 Å². The summed E-state index contributed by atoms with van der Waals surface area (Å²) in [5, 5.41) is 12.7. The lowest BCUT2D eigenvalue weighted by Gasteiger charge is -2.28. The smallest absolute Gasteiger partial charge is 0.275 e. The van der Waals surface area contributed by atoms with Gasteiger partial charge in [0.05, 0.1) is 12.0 Å². The summed E-state index contributed by atoms with van der Waals surface area (Å²) in [6, 6.07) is 23.6. The fourth-order valence-electron chi connectivity index (χ4n) is 4.06. The van der Waals surface area contributed by atoms with E-state index in [9.17, 15) is 5.11 Å². The van der Waals surface area contributed by atoms with Gasteiger partial charge in [0.1, 0.15) is 22.9 Å². The van der Waals surface area contributed by atoms with Gasteiger partial charge in [0, 0.05) is 10.6 Å². The van der Waals surface area contributed by atoms with Crippen LogP contribution in [0.3, 0.4) is 0 Å². The van der Waals surface area contributed by atoms with Crippen molar-refractivity contribution >= 4 is 40.6 Å². The molecule has 3 aromatic rings. The van der Waals surface area contributed by atoms with Crippen molar-refractivity contribution in [3.8, 4) is 5.75 Å². The Labute approximate surface area is 195 Å². The molecule has 0 bridgehead atoms. The van der Waals surface area contributed by atoms with Gasteiger partial charge in [-0.15, -0.1) is 11.8 Å². The van der Waals surface area contributed by atoms with Crippen LogP contribution in [-0.4, -0.2) is 34.9 Å². The van der Waals surface area contributed by atoms with Crippen LogP contribution < -0.4 is 26.6 Å². The number of rotatable bonds is 3. The zero-order valence-corrected chi connectivity index (χ0v) is 19.4. The van der Waals surface area contributed by atoms with Crippen LogP contribution in [0.1, 0.15) is 5.56 Å². The van der Waals surface area contributed by atoms with E-state index in [1.54, 1.807) is 18.9 Å². The third-order valence-electron chi connectivity index (χ3n) is 5.47. The second kappa shape index (κ2) is 8.27. The zero-order chi connectivity index (χ0) is 20.0. The topological polar surface area (TPSA) is 35.7 Å². The number of thioether (sulfide) groups is 1. The monoisotopic (exact) mass is 502 g/mol. The maximum atomic E-state index is 12.0. The average molecular weight is 504 g/mol. The molecule has 0 aromatic heterocycles. The van der Waals surface area contributed by atoms with Crippen LogP contribution in [0, 0.1) is 0 Å². The second-order valence-electron chi connectivity index (χ2n) is 7.12. The number of anilines is 1. The molecule has 0 aliphatic carbocycles. The molecule has 1 atom stereocenters. The van der Waals surface area contributed by atoms with E-state index in [-0.39, 0.29) is 17.0 Å². The molecule has 0 saturated carbocycles. The van der Waals surface area contributed by atoms with E-state index >= 15 is 0 Å². The molecule has 0 amide bonds. The maximum absolute atomic E-state index is 12.0. The van der Waals surface area contributed by atoms with Gasteiger partial charge in [-0.25, -0.2) is 4.58 Å². The van der Waals surface area contributed by atoms with Crippen LogP contribution in [0.5, 0.6) is 5.75 Å². The van der Waals surface area contributed by atoms with Gasteiger partial charge in [0.2, 0.25) is 0 Å². The van der Waals surface area contributed by atoms with Gasteiger partial charge in [0.15, 0.2) is 6.54 Å². The van der Waals surface area contributed by atoms with Crippen molar-refractivity contribution in [2.75, 3.05) is 24.3 Å². The van der Waals surface area contributed by atoms with E-state index in [1.807, 2.05) is 59.5 Å². The summed E-state index contributed by atoms with van der Waals surface area (Å²) < 4.78 is 7.54. The predicted molar refractivity (Wildman–Crippen MR) is 118 cm³/mol. The molecule has 30 heavy (non-hydrogen) atoms. The third-order valence-corrected chi connectivity index (χ3v) is 6.78. The van der Waals surface area contributed by atoms with Gasteiger partial charge < -0.3 is 26.8 Å². The van der Waals surface area contributed by atoms with Crippen molar-refractivity contribution < 1.29 is 31.4 Å². The Morgan fingerprint density at radius 1 is 1.03 bits per heavy atom. The Balaban J connectivity index is 0.00000218. The van der Waals surface area contributed by atoms with Gasteiger partial charge >= 0.3 is 0 Å². The number of fused-ring (bicyclic) bond motifs is 2. The first-order chi connectivity index (χ1) is 14.1. The first-order valence-electron chi connectivity index (χ1n) is 9.38. The highest BCUT2D eigenvalue weighted by Crippen LogP contribution is 2.44. The highest BCUT2D eigenvalue weighted by atomic mass is 79.9. The molecule has 0 fully saturated rings. The third kappa shape index (κ3) is 3.42. The van der Waals surface area contributed by atoms with Crippen molar-refractivity contribution in [3.63, 3.8) is 0 Å². The molecule has 1 N–H and O–H groups in total. The number of ether oxygens (including phenoxy) is 1. The molecule has 1 unspecified atom stereocenters. The number of para-hydroxylation sites is 1. The van der Waals surface area contributed by atoms with Crippen LogP contribution >= 0.6 is 23.4 Å². The van der Waals surface area contributed by atoms with Gasteiger partial charge in [0.25, 0.3) is 11.6 Å². The average Bonchev–Trinajstić information content (AvgIpc) is 3.08. The number of hydrogen-bond donors (Lipinski definition) is 1. The molecule has 4 nitrogen and oxygen atoms in total. The van der Waals surface area contributed by atoms with Crippen LogP contribution in [0.4, 0.5) is 11.4 Å². The van der Waals surface area contributed by atoms with Gasteiger partial charge in [-0.1, -0.05) is 35.9 Å². The quantitative estimate of drug-likeness (QED) is 0.554. The summed E-state index contributed by atoms with van der Waals surface area (Å²) >= 11 is 7.90. The lowest BCUT2D eigenvalue weighted by atomic mass is 10.0. The molecular weight excluding hydrogens is 484 g/mol. The molecule has 3 aromatic carbocycles. The number of nitrogens with zero attached hydrogens (tertiary/aromatic N) is 2. The van der Waals surface area contributed by atoms with E-state index in [4.69, 9.17) is 16.3 Å². The molecule has 7 heteroatoms. The molecule has 0 spiro atoms.